The molecule has 0 bridgehead atoms. The highest BCUT2D eigenvalue weighted by molar-refractivity contribution is 6.31. The number of aryl methyl sites for hydroxylation is 2. The molecule has 0 fully saturated rings. The third-order valence-corrected chi connectivity index (χ3v) is 7.97. The molecular formula is C28H28ClNO3. The van der Waals surface area contributed by atoms with Crippen LogP contribution >= 0.6 is 11.6 Å². The molecule has 2 atom stereocenters. The van der Waals surface area contributed by atoms with Crippen molar-refractivity contribution in [2.75, 3.05) is 0 Å². The summed E-state index contributed by atoms with van der Waals surface area (Å²) in [6, 6.07) is 11.4. The number of carboxylic acid groups (broad SMARTS) is 1. The Morgan fingerprint density at radius 1 is 1.18 bits per heavy atom. The van der Waals surface area contributed by atoms with Crippen LogP contribution in [0.2, 0.25) is 5.02 Å². The number of fused-ring (bicyclic) bond motifs is 2. The molecule has 3 aliphatic rings. The van der Waals surface area contributed by atoms with Gasteiger partial charge < -0.3 is 10.0 Å². The second kappa shape index (κ2) is 8.18. The minimum absolute atomic E-state index is 0.0946. The topological polar surface area (TPSA) is 57.6 Å². The summed E-state index contributed by atoms with van der Waals surface area (Å²) >= 11 is 6.26. The number of aliphatic carboxylic acids is 1. The number of nitrogens with zero attached hydrogens (tertiary/aromatic N) is 1. The molecule has 1 spiro atoms. The van der Waals surface area contributed by atoms with Crippen molar-refractivity contribution in [1.29, 1.82) is 0 Å². The van der Waals surface area contributed by atoms with Crippen molar-refractivity contribution in [3.63, 3.8) is 0 Å². The zero-order chi connectivity index (χ0) is 23.3. The van der Waals surface area contributed by atoms with Gasteiger partial charge in [0.25, 0.3) is 5.91 Å². The number of benzene rings is 2. The number of halogens is 1. The van der Waals surface area contributed by atoms with Gasteiger partial charge in [0.05, 0.1) is 5.54 Å². The van der Waals surface area contributed by atoms with Gasteiger partial charge in [0, 0.05) is 17.1 Å². The summed E-state index contributed by atoms with van der Waals surface area (Å²) in [5.74, 6) is -1.78. The largest absolute Gasteiger partial charge is 0.481 e. The number of carboxylic acids is 1. The second-order valence-electron chi connectivity index (χ2n) is 9.57. The third kappa shape index (κ3) is 3.43. The van der Waals surface area contributed by atoms with Crippen LogP contribution in [0.15, 0.2) is 59.7 Å². The molecule has 4 nitrogen and oxygen atoms in total. The molecule has 33 heavy (non-hydrogen) atoms. The number of carbonyl (C=O) groups is 2. The molecule has 5 rings (SSSR count). The lowest BCUT2D eigenvalue weighted by Gasteiger charge is -2.54. The van der Waals surface area contributed by atoms with Gasteiger partial charge in [-0.1, -0.05) is 59.2 Å². The van der Waals surface area contributed by atoms with Crippen LogP contribution in [0.3, 0.4) is 0 Å². The lowest BCUT2D eigenvalue weighted by molar-refractivity contribution is -0.142. The molecule has 0 radical (unpaired) electrons. The van der Waals surface area contributed by atoms with E-state index in [1.807, 2.05) is 49.1 Å². The number of hydrogen-bond donors (Lipinski definition) is 1. The van der Waals surface area contributed by atoms with Crippen molar-refractivity contribution < 1.29 is 14.7 Å². The smallest absolute Gasteiger partial charge is 0.313 e. The number of hydrogen-bond acceptors (Lipinski definition) is 2. The Kier molecular flexibility index (Phi) is 5.44. The maximum Gasteiger partial charge on any atom is 0.313 e. The summed E-state index contributed by atoms with van der Waals surface area (Å²) in [5, 5.41) is 11.3. The Labute approximate surface area is 199 Å². The molecule has 2 aromatic rings. The van der Waals surface area contributed by atoms with Gasteiger partial charge in [-0.2, -0.15) is 0 Å². The minimum atomic E-state index is -0.901. The third-order valence-electron chi connectivity index (χ3n) is 7.54. The van der Waals surface area contributed by atoms with Crippen LogP contribution in [-0.2, 0) is 11.3 Å². The monoisotopic (exact) mass is 461 g/mol. The molecule has 2 unspecified atom stereocenters. The second-order valence-corrected chi connectivity index (χ2v) is 9.98. The van der Waals surface area contributed by atoms with Gasteiger partial charge in [-0.25, -0.2) is 0 Å². The Balaban J connectivity index is 1.77. The molecule has 2 aliphatic carbocycles. The number of carbonyl (C=O) groups excluding carboxylic acids is 1. The first-order chi connectivity index (χ1) is 15.8. The van der Waals surface area contributed by atoms with E-state index in [2.05, 4.69) is 12.2 Å². The quantitative estimate of drug-likeness (QED) is 0.579. The molecule has 1 amide bonds. The molecule has 1 N–H and O–H groups in total. The van der Waals surface area contributed by atoms with Crippen molar-refractivity contribution >= 4 is 23.5 Å². The number of rotatable bonds is 3. The number of allylic oxidation sites excluding steroid dienone is 2. The fourth-order valence-corrected chi connectivity index (χ4v) is 6.22. The van der Waals surface area contributed by atoms with E-state index >= 15 is 0 Å². The molecular weight excluding hydrogens is 434 g/mol. The first-order valence-corrected chi connectivity index (χ1v) is 12.0. The Morgan fingerprint density at radius 2 is 2.00 bits per heavy atom. The average molecular weight is 462 g/mol. The molecule has 170 valence electrons. The average Bonchev–Trinajstić information content (AvgIpc) is 2.79. The van der Waals surface area contributed by atoms with E-state index in [4.69, 9.17) is 11.6 Å². The molecule has 0 saturated carbocycles. The number of amides is 1. The van der Waals surface area contributed by atoms with E-state index < -0.39 is 17.4 Å². The Bertz CT molecular complexity index is 1230. The zero-order valence-corrected chi connectivity index (χ0v) is 19.8. The van der Waals surface area contributed by atoms with Crippen LogP contribution in [0.1, 0.15) is 70.6 Å². The van der Waals surface area contributed by atoms with Crippen LogP contribution in [0.5, 0.6) is 0 Å². The summed E-state index contributed by atoms with van der Waals surface area (Å²) in [6.45, 7) is 4.24. The van der Waals surface area contributed by atoms with Gasteiger partial charge in [0.2, 0.25) is 0 Å². The van der Waals surface area contributed by atoms with Crippen LogP contribution in [-0.4, -0.2) is 27.4 Å². The van der Waals surface area contributed by atoms with Gasteiger partial charge in [-0.3, -0.25) is 9.59 Å². The fraction of sp³-hybridized carbons (Fsp3) is 0.357. The van der Waals surface area contributed by atoms with Gasteiger partial charge >= 0.3 is 5.97 Å². The van der Waals surface area contributed by atoms with Gasteiger partial charge in [0.1, 0.15) is 5.92 Å². The fourth-order valence-electron chi connectivity index (χ4n) is 6.10. The van der Waals surface area contributed by atoms with Gasteiger partial charge in [-0.05, 0) is 80.3 Å². The maximum atomic E-state index is 14.1. The van der Waals surface area contributed by atoms with E-state index in [9.17, 15) is 14.7 Å². The predicted molar refractivity (Wildman–Crippen MR) is 130 cm³/mol. The Hall–Kier alpha value is -2.85. The first kappa shape index (κ1) is 22.0. The van der Waals surface area contributed by atoms with Gasteiger partial charge in [-0.15, -0.1) is 0 Å². The van der Waals surface area contributed by atoms with Gasteiger partial charge in [0.15, 0.2) is 0 Å². The highest BCUT2D eigenvalue weighted by Gasteiger charge is 2.57. The van der Waals surface area contributed by atoms with E-state index in [1.165, 1.54) is 5.57 Å². The summed E-state index contributed by atoms with van der Waals surface area (Å²) in [6.07, 6.45) is 8.61. The van der Waals surface area contributed by atoms with Crippen LogP contribution in [0.4, 0.5) is 0 Å². The van der Waals surface area contributed by atoms with Crippen molar-refractivity contribution in [1.82, 2.24) is 4.90 Å². The standard InChI is InChI=1S/C28H28ClNO3/c1-17-9-11-21-22(14-17)25(27(32)33)28(13-5-7-20-6-3-4-8-23(20)28)30(26(21)31)16-19-10-12-24(29)18(2)15-19/h4,8-12,14-15,25H,3,5-7,13,16H2,1-2H3,(H,32,33). The summed E-state index contributed by atoms with van der Waals surface area (Å²) in [5.41, 5.74) is 5.45. The first-order valence-electron chi connectivity index (χ1n) is 11.6. The molecule has 1 heterocycles. The summed E-state index contributed by atoms with van der Waals surface area (Å²) in [4.78, 5) is 28.9. The highest BCUT2D eigenvalue weighted by atomic mass is 35.5. The van der Waals surface area contributed by atoms with E-state index in [0.717, 1.165) is 47.9 Å². The van der Waals surface area contributed by atoms with E-state index in [1.54, 1.807) is 6.07 Å². The van der Waals surface area contributed by atoms with Crippen LogP contribution < -0.4 is 0 Å². The van der Waals surface area contributed by atoms with Crippen molar-refractivity contribution in [2.24, 2.45) is 0 Å². The predicted octanol–water partition coefficient (Wildman–Crippen LogP) is 6.35. The lowest BCUT2D eigenvalue weighted by atomic mass is 9.61. The molecule has 5 heteroatoms. The summed E-state index contributed by atoms with van der Waals surface area (Å²) < 4.78 is 0. The molecule has 1 aliphatic heterocycles. The van der Waals surface area contributed by atoms with E-state index in [-0.39, 0.29) is 5.91 Å². The zero-order valence-electron chi connectivity index (χ0n) is 19.0. The van der Waals surface area contributed by atoms with E-state index in [0.29, 0.717) is 29.1 Å². The Morgan fingerprint density at radius 3 is 2.76 bits per heavy atom. The summed E-state index contributed by atoms with van der Waals surface area (Å²) in [7, 11) is 0. The minimum Gasteiger partial charge on any atom is -0.481 e. The van der Waals surface area contributed by atoms with Crippen molar-refractivity contribution in [3.05, 3.63) is 92.5 Å². The lowest BCUT2D eigenvalue weighted by Crippen LogP contribution is -2.62. The molecule has 0 aromatic heterocycles. The highest BCUT2D eigenvalue weighted by Crippen LogP contribution is 2.54. The van der Waals surface area contributed by atoms with Crippen LogP contribution in [0.25, 0.3) is 0 Å². The van der Waals surface area contributed by atoms with Crippen molar-refractivity contribution in [3.8, 4) is 0 Å². The van der Waals surface area contributed by atoms with Crippen LogP contribution in [0, 0.1) is 13.8 Å². The van der Waals surface area contributed by atoms with Crippen molar-refractivity contribution in [2.45, 2.75) is 64.0 Å². The molecule has 2 aromatic carbocycles. The molecule has 0 saturated heterocycles. The maximum absolute atomic E-state index is 14.1. The SMILES string of the molecule is Cc1ccc2c(c1)C(C(=O)O)C1(CCCC3=C1C=CCC3)N(Cc1ccc(Cl)c(C)c1)C2=O. The normalized spacial score (nSPS) is 24.2.